The Morgan fingerprint density at radius 2 is 1.85 bits per heavy atom. The van der Waals surface area contributed by atoms with Gasteiger partial charge < -0.3 is 0 Å². The van der Waals surface area contributed by atoms with Gasteiger partial charge in [-0.1, -0.05) is 24.3 Å². The minimum atomic E-state index is -0.263. The molecule has 0 N–H and O–H groups in total. The highest BCUT2D eigenvalue weighted by atomic mass is 19.1. The van der Waals surface area contributed by atoms with Crippen LogP contribution < -0.4 is 0 Å². The fourth-order valence-corrected chi connectivity index (χ4v) is 2.44. The summed E-state index contributed by atoms with van der Waals surface area (Å²) in [5, 5.41) is 5.58. The molecule has 1 aromatic heterocycles. The van der Waals surface area contributed by atoms with Gasteiger partial charge in [0.25, 0.3) is 0 Å². The number of ketones is 1. The number of Topliss-reactive ketones (excluding diaryl/α,β-unsaturated/α-hetero) is 1. The summed E-state index contributed by atoms with van der Waals surface area (Å²) < 4.78 is 15.5. The van der Waals surface area contributed by atoms with Gasteiger partial charge >= 0.3 is 0 Å². The largest absolute Gasteiger partial charge is 0.294 e. The third kappa shape index (κ3) is 1.81. The summed E-state index contributed by atoms with van der Waals surface area (Å²) in [4.78, 5) is 11.5. The molecule has 0 aliphatic rings. The molecule has 0 atom stereocenters. The van der Waals surface area contributed by atoms with Crippen molar-refractivity contribution in [3.05, 3.63) is 59.7 Å². The SMILES string of the molecule is CC(=O)c1cnn(-c2cccc3c(F)cccc23)c1C. The highest BCUT2D eigenvalue weighted by molar-refractivity contribution is 5.95. The molecule has 0 radical (unpaired) electrons. The first-order chi connectivity index (χ1) is 9.59. The second kappa shape index (κ2) is 4.56. The van der Waals surface area contributed by atoms with Gasteiger partial charge in [0.05, 0.1) is 23.1 Å². The number of aromatic nitrogens is 2. The maximum absolute atomic E-state index is 13.8. The zero-order chi connectivity index (χ0) is 14.3. The van der Waals surface area contributed by atoms with Crippen LogP contribution in [-0.4, -0.2) is 15.6 Å². The van der Waals surface area contributed by atoms with Crippen LogP contribution in [0.3, 0.4) is 0 Å². The Kier molecular flexibility index (Phi) is 2.86. The quantitative estimate of drug-likeness (QED) is 0.664. The van der Waals surface area contributed by atoms with Gasteiger partial charge in [0.1, 0.15) is 5.82 Å². The second-order valence-corrected chi connectivity index (χ2v) is 4.72. The van der Waals surface area contributed by atoms with Crippen LogP contribution in [0.25, 0.3) is 16.5 Å². The Labute approximate surface area is 115 Å². The molecule has 100 valence electrons. The van der Waals surface area contributed by atoms with Crippen molar-refractivity contribution in [2.45, 2.75) is 13.8 Å². The van der Waals surface area contributed by atoms with Crippen LogP contribution in [0.4, 0.5) is 4.39 Å². The molecular formula is C16H13FN2O. The lowest BCUT2D eigenvalue weighted by Crippen LogP contribution is -2.02. The summed E-state index contributed by atoms with van der Waals surface area (Å²) in [7, 11) is 0. The lowest BCUT2D eigenvalue weighted by atomic mass is 10.1. The molecule has 3 rings (SSSR count). The number of nitrogens with zero attached hydrogens (tertiary/aromatic N) is 2. The van der Waals surface area contributed by atoms with Gasteiger partial charge in [-0.05, 0) is 26.0 Å². The predicted octanol–water partition coefficient (Wildman–Crippen LogP) is 3.68. The fourth-order valence-electron chi connectivity index (χ4n) is 2.44. The number of halogens is 1. The molecule has 4 heteroatoms. The van der Waals surface area contributed by atoms with Crippen LogP contribution in [0.5, 0.6) is 0 Å². The first-order valence-corrected chi connectivity index (χ1v) is 6.33. The summed E-state index contributed by atoms with van der Waals surface area (Å²) in [6.45, 7) is 3.35. The van der Waals surface area contributed by atoms with Gasteiger partial charge in [-0.15, -0.1) is 0 Å². The predicted molar refractivity (Wildman–Crippen MR) is 75.8 cm³/mol. The Morgan fingerprint density at radius 1 is 1.15 bits per heavy atom. The van der Waals surface area contributed by atoms with E-state index in [1.807, 2.05) is 19.1 Å². The standard InChI is InChI=1S/C16H13FN2O/c1-10-14(11(2)20)9-18-19(10)16-8-4-5-12-13(16)6-3-7-15(12)17/h3-9H,1-2H3. The summed E-state index contributed by atoms with van der Waals surface area (Å²) in [6.07, 6.45) is 1.55. The van der Waals surface area contributed by atoms with Gasteiger partial charge in [0.2, 0.25) is 0 Å². The lowest BCUT2D eigenvalue weighted by molar-refractivity contribution is 0.101. The van der Waals surface area contributed by atoms with E-state index in [9.17, 15) is 9.18 Å². The average molecular weight is 268 g/mol. The van der Waals surface area contributed by atoms with Gasteiger partial charge in [-0.3, -0.25) is 4.79 Å². The van der Waals surface area contributed by atoms with E-state index in [-0.39, 0.29) is 11.6 Å². The highest BCUT2D eigenvalue weighted by Gasteiger charge is 2.13. The summed E-state index contributed by atoms with van der Waals surface area (Å²) in [6, 6.07) is 10.3. The molecule has 0 aliphatic carbocycles. The molecule has 1 heterocycles. The Balaban J connectivity index is 2.30. The maximum Gasteiger partial charge on any atom is 0.163 e. The first kappa shape index (κ1) is 12.5. The van der Waals surface area contributed by atoms with Crippen LogP contribution in [0, 0.1) is 12.7 Å². The van der Waals surface area contributed by atoms with Crippen molar-refractivity contribution in [2.75, 3.05) is 0 Å². The normalized spacial score (nSPS) is 10.9. The van der Waals surface area contributed by atoms with Crippen molar-refractivity contribution in [1.82, 2.24) is 9.78 Å². The number of carbonyl (C=O) groups excluding carboxylic acids is 1. The van der Waals surface area contributed by atoms with Gasteiger partial charge in [-0.2, -0.15) is 5.10 Å². The molecule has 0 unspecified atom stereocenters. The maximum atomic E-state index is 13.8. The molecule has 20 heavy (non-hydrogen) atoms. The topological polar surface area (TPSA) is 34.9 Å². The van der Waals surface area contributed by atoms with Crippen molar-refractivity contribution in [3.8, 4) is 5.69 Å². The van der Waals surface area contributed by atoms with E-state index < -0.39 is 0 Å². The van der Waals surface area contributed by atoms with E-state index in [4.69, 9.17) is 0 Å². The van der Waals surface area contributed by atoms with E-state index in [0.717, 1.165) is 16.8 Å². The van der Waals surface area contributed by atoms with E-state index in [0.29, 0.717) is 10.9 Å². The molecule has 0 aliphatic heterocycles. The van der Waals surface area contributed by atoms with E-state index >= 15 is 0 Å². The molecular weight excluding hydrogens is 255 g/mol. The Morgan fingerprint density at radius 3 is 2.55 bits per heavy atom. The zero-order valence-corrected chi connectivity index (χ0v) is 11.2. The van der Waals surface area contributed by atoms with Crippen molar-refractivity contribution in [2.24, 2.45) is 0 Å². The molecule has 3 nitrogen and oxygen atoms in total. The van der Waals surface area contributed by atoms with Crippen molar-refractivity contribution < 1.29 is 9.18 Å². The zero-order valence-electron chi connectivity index (χ0n) is 11.2. The number of fused-ring (bicyclic) bond motifs is 1. The summed E-state index contributed by atoms with van der Waals surface area (Å²) in [5.41, 5.74) is 2.11. The number of rotatable bonds is 2. The van der Waals surface area contributed by atoms with Crippen molar-refractivity contribution >= 4 is 16.6 Å². The molecule has 0 saturated carbocycles. The average Bonchev–Trinajstić information content (AvgIpc) is 2.80. The molecule has 0 fully saturated rings. The molecule has 0 saturated heterocycles. The number of benzene rings is 2. The number of carbonyl (C=O) groups is 1. The van der Waals surface area contributed by atoms with E-state index in [2.05, 4.69) is 5.10 Å². The van der Waals surface area contributed by atoms with Crippen LogP contribution in [0.15, 0.2) is 42.6 Å². The number of hydrogen-bond donors (Lipinski definition) is 0. The third-order valence-corrected chi connectivity index (χ3v) is 3.46. The fraction of sp³-hybridized carbons (Fsp3) is 0.125. The summed E-state index contributed by atoms with van der Waals surface area (Å²) >= 11 is 0. The van der Waals surface area contributed by atoms with Gasteiger partial charge in [0, 0.05) is 10.8 Å². The van der Waals surface area contributed by atoms with Gasteiger partial charge in [-0.25, -0.2) is 9.07 Å². The van der Waals surface area contributed by atoms with Crippen LogP contribution >= 0.6 is 0 Å². The van der Waals surface area contributed by atoms with Crippen molar-refractivity contribution in [1.29, 1.82) is 0 Å². The molecule has 0 spiro atoms. The first-order valence-electron chi connectivity index (χ1n) is 6.33. The smallest absolute Gasteiger partial charge is 0.163 e. The third-order valence-electron chi connectivity index (χ3n) is 3.46. The molecule has 0 bridgehead atoms. The lowest BCUT2D eigenvalue weighted by Gasteiger charge is -2.09. The second-order valence-electron chi connectivity index (χ2n) is 4.72. The molecule has 0 amide bonds. The highest BCUT2D eigenvalue weighted by Crippen LogP contribution is 2.25. The minimum absolute atomic E-state index is 0.0276. The van der Waals surface area contributed by atoms with Crippen LogP contribution in [0.2, 0.25) is 0 Å². The monoisotopic (exact) mass is 268 g/mol. The molecule has 2 aromatic carbocycles. The minimum Gasteiger partial charge on any atom is -0.294 e. The summed E-state index contributed by atoms with van der Waals surface area (Å²) in [5.74, 6) is -0.291. The Bertz CT molecular complexity index is 820. The van der Waals surface area contributed by atoms with Crippen LogP contribution in [-0.2, 0) is 0 Å². The van der Waals surface area contributed by atoms with Crippen molar-refractivity contribution in [3.63, 3.8) is 0 Å². The van der Waals surface area contributed by atoms with Gasteiger partial charge in [0.15, 0.2) is 5.78 Å². The molecule has 3 aromatic rings. The van der Waals surface area contributed by atoms with E-state index in [1.54, 1.807) is 29.1 Å². The van der Waals surface area contributed by atoms with Crippen LogP contribution in [0.1, 0.15) is 23.0 Å². The number of hydrogen-bond acceptors (Lipinski definition) is 2. The van der Waals surface area contributed by atoms with E-state index in [1.165, 1.54) is 13.0 Å². The Hall–Kier alpha value is -2.49.